The van der Waals surface area contributed by atoms with Crippen molar-refractivity contribution in [1.29, 1.82) is 0 Å². The normalized spacial score (nSPS) is 10.9. The van der Waals surface area contributed by atoms with Gasteiger partial charge in [-0.1, -0.05) is 42.5 Å². The van der Waals surface area contributed by atoms with Gasteiger partial charge in [-0.25, -0.2) is 13.6 Å². The quantitative estimate of drug-likeness (QED) is 0.901. The van der Waals surface area contributed by atoms with Crippen LogP contribution in [0.2, 0.25) is 0 Å². The zero-order valence-corrected chi connectivity index (χ0v) is 11.9. The van der Waals surface area contributed by atoms with Crippen molar-refractivity contribution < 1.29 is 13.6 Å². The van der Waals surface area contributed by atoms with E-state index in [0.717, 1.165) is 16.3 Å². The van der Waals surface area contributed by atoms with Crippen LogP contribution >= 0.6 is 0 Å². The summed E-state index contributed by atoms with van der Waals surface area (Å²) in [5.74, 6) is 0. The first-order chi connectivity index (χ1) is 10.1. The number of carbonyl (C=O) groups is 1. The molecule has 0 unspecified atom stereocenters. The number of fused-ring (bicyclic) bond motifs is 1. The fraction of sp³-hybridized carbons (Fsp3) is 0.312. The molecule has 112 valence electrons. The number of hydrogen-bond acceptors (Lipinski definition) is 1. The highest BCUT2D eigenvalue weighted by Gasteiger charge is 2.11. The number of benzene rings is 2. The molecule has 0 bridgehead atoms. The first-order valence-electron chi connectivity index (χ1n) is 6.81. The molecular formula is C16H18F2N2O. The third kappa shape index (κ3) is 4.15. The van der Waals surface area contributed by atoms with Gasteiger partial charge in [-0.05, 0) is 22.8 Å². The van der Waals surface area contributed by atoms with Gasteiger partial charge in [-0.2, -0.15) is 0 Å². The summed E-state index contributed by atoms with van der Waals surface area (Å²) in [5, 5.41) is 4.50. The number of hydrogen-bond donors (Lipinski definition) is 1. The van der Waals surface area contributed by atoms with E-state index in [-0.39, 0.29) is 0 Å². The Labute approximate surface area is 122 Å². The minimum absolute atomic E-state index is 0.475. The molecule has 0 heterocycles. The zero-order chi connectivity index (χ0) is 15.2. The van der Waals surface area contributed by atoms with E-state index in [0.29, 0.717) is 13.0 Å². The maximum absolute atomic E-state index is 12.1. The van der Waals surface area contributed by atoms with Gasteiger partial charge in [0.05, 0.1) is 6.54 Å². The molecule has 3 nitrogen and oxygen atoms in total. The van der Waals surface area contributed by atoms with Gasteiger partial charge in [0, 0.05) is 13.6 Å². The van der Waals surface area contributed by atoms with Crippen LogP contribution in [-0.4, -0.2) is 37.5 Å². The highest BCUT2D eigenvalue weighted by molar-refractivity contribution is 5.85. The molecule has 1 N–H and O–H groups in total. The molecule has 5 heteroatoms. The topological polar surface area (TPSA) is 32.3 Å². The van der Waals surface area contributed by atoms with Crippen molar-refractivity contribution in [2.24, 2.45) is 0 Å². The van der Waals surface area contributed by atoms with Crippen LogP contribution < -0.4 is 5.32 Å². The van der Waals surface area contributed by atoms with Crippen molar-refractivity contribution in [3.8, 4) is 0 Å². The summed E-state index contributed by atoms with van der Waals surface area (Å²) in [6.07, 6.45) is -1.85. The van der Waals surface area contributed by atoms with Crippen LogP contribution in [0.25, 0.3) is 10.8 Å². The maximum atomic E-state index is 12.1. The lowest BCUT2D eigenvalue weighted by atomic mass is 10.0. The monoisotopic (exact) mass is 292 g/mol. The largest absolute Gasteiger partial charge is 0.332 e. The van der Waals surface area contributed by atoms with Crippen LogP contribution in [0.1, 0.15) is 5.56 Å². The highest BCUT2D eigenvalue weighted by atomic mass is 19.3. The Hall–Kier alpha value is -2.17. The van der Waals surface area contributed by atoms with Crippen LogP contribution in [0.3, 0.4) is 0 Å². The molecule has 0 aliphatic carbocycles. The molecule has 2 aromatic rings. The lowest BCUT2D eigenvalue weighted by molar-refractivity contribution is 0.141. The van der Waals surface area contributed by atoms with Crippen LogP contribution in [0.4, 0.5) is 13.6 Å². The molecule has 2 aromatic carbocycles. The smallest absolute Gasteiger partial charge is 0.317 e. The molecule has 0 aliphatic rings. The predicted octanol–water partition coefficient (Wildman–Crippen LogP) is 3.29. The first-order valence-corrected chi connectivity index (χ1v) is 6.81. The molecule has 0 saturated carbocycles. The average Bonchev–Trinajstić information content (AvgIpc) is 2.50. The van der Waals surface area contributed by atoms with E-state index >= 15 is 0 Å². The summed E-state index contributed by atoms with van der Waals surface area (Å²) in [6.45, 7) is -0.138. The highest BCUT2D eigenvalue weighted by Crippen LogP contribution is 2.18. The van der Waals surface area contributed by atoms with Gasteiger partial charge < -0.3 is 10.2 Å². The van der Waals surface area contributed by atoms with Gasteiger partial charge in [0.25, 0.3) is 6.43 Å². The van der Waals surface area contributed by atoms with Crippen molar-refractivity contribution in [2.45, 2.75) is 12.8 Å². The number of carbonyl (C=O) groups excluding carboxylic acids is 1. The third-order valence-corrected chi connectivity index (χ3v) is 3.35. The second-order valence-electron chi connectivity index (χ2n) is 4.89. The number of rotatable bonds is 5. The number of halogens is 2. The van der Waals surface area contributed by atoms with E-state index in [1.54, 1.807) is 7.05 Å². The number of nitrogens with one attached hydrogen (secondary N) is 1. The molecule has 0 aliphatic heterocycles. The lowest BCUT2D eigenvalue weighted by Gasteiger charge is -2.18. The molecule has 0 fully saturated rings. The van der Waals surface area contributed by atoms with E-state index in [1.165, 1.54) is 4.90 Å². The average molecular weight is 292 g/mol. The molecule has 0 spiro atoms. The molecule has 0 radical (unpaired) electrons. The third-order valence-electron chi connectivity index (χ3n) is 3.35. The van der Waals surface area contributed by atoms with Crippen LogP contribution in [-0.2, 0) is 6.42 Å². The van der Waals surface area contributed by atoms with Crippen molar-refractivity contribution in [2.75, 3.05) is 20.1 Å². The van der Waals surface area contributed by atoms with E-state index in [1.807, 2.05) is 42.5 Å². The molecule has 21 heavy (non-hydrogen) atoms. The second kappa shape index (κ2) is 7.02. The standard InChI is InChI=1S/C16H18F2N2O/c1-20(16(21)19-11-15(17)18)10-9-13-7-4-6-12-5-2-3-8-14(12)13/h2-8,15H,9-11H2,1H3,(H,19,21). The van der Waals surface area contributed by atoms with Gasteiger partial charge in [0.1, 0.15) is 0 Å². The Morgan fingerprint density at radius 2 is 1.90 bits per heavy atom. The first kappa shape index (κ1) is 15.2. The van der Waals surface area contributed by atoms with Crippen molar-refractivity contribution >= 4 is 16.8 Å². The van der Waals surface area contributed by atoms with Crippen LogP contribution in [0.5, 0.6) is 0 Å². The Morgan fingerprint density at radius 3 is 2.67 bits per heavy atom. The SMILES string of the molecule is CN(CCc1cccc2ccccc12)C(=O)NCC(F)F. The maximum Gasteiger partial charge on any atom is 0.317 e. The van der Waals surface area contributed by atoms with Gasteiger partial charge in [-0.3, -0.25) is 0 Å². The van der Waals surface area contributed by atoms with E-state index in [2.05, 4.69) is 5.32 Å². The number of likely N-dealkylation sites (N-methyl/N-ethyl adjacent to an activating group) is 1. The fourth-order valence-corrected chi connectivity index (χ4v) is 2.20. The molecule has 0 aromatic heterocycles. The molecular weight excluding hydrogens is 274 g/mol. The van der Waals surface area contributed by atoms with Gasteiger partial charge in [0.15, 0.2) is 0 Å². The summed E-state index contributed by atoms with van der Waals surface area (Å²) in [5.41, 5.74) is 1.14. The van der Waals surface area contributed by atoms with E-state index < -0.39 is 19.0 Å². The molecule has 2 amide bonds. The Bertz CT molecular complexity index is 611. The molecule has 0 saturated heterocycles. The number of urea groups is 1. The summed E-state index contributed by atoms with van der Waals surface area (Å²) < 4.78 is 24.1. The minimum Gasteiger partial charge on any atom is -0.332 e. The lowest BCUT2D eigenvalue weighted by Crippen LogP contribution is -2.40. The van der Waals surface area contributed by atoms with E-state index in [4.69, 9.17) is 0 Å². The Kier molecular flexibility index (Phi) is 5.09. The van der Waals surface area contributed by atoms with Crippen LogP contribution in [0, 0.1) is 0 Å². The summed E-state index contributed by atoms with van der Waals surface area (Å²) in [4.78, 5) is 13.0. The number of alkyl halides is 2. The summed E-state index contributed by atoms with van der Waals surface area (Å²) >= 11 is 0. The number of amides is 2. The van der Waals surface area contributed by atoms with Gasteiger partial charge in [-0.15, -0.1) is 0 Å². The predicted molar refractivity (Wildman–Crippen MR) is 79.7 cm³/mol. The fourth-order valence-electron chi connectivity index (χ4n) is 2.20. The Morgan fingerprint density at radius 1 is 1.19 bits per heavy atom. The van der Waals surface area contributed by atoms with Gasteiger partial charge in [0.2, 0.25) is 0 Å². The molecule has 2 rings (SSSR count). The second-order valence-corrected chi connectivity index (χ2v) is 4.89. The Balaban J connectivity index is 1.97. The van der Waals surface area contributed by atoms with Crippen molar-refractivity contribution in [3.05, 3.63) is 48.0 Å². The van der Waals surface area contributed by atoms with Crippen molar-refractivity contribution in [1.82, 2.24) is 10.2 Å². The van der Waals surface area contributed by atoms with E-state index in [9.17, 15) is 13.6 Å². The number of nitrogens with zero attached hydrogens (tertiary/aromatic N) is 1. The van der Waals surface area contributed by atoms with Crippen LogP contribution in [0.15, 0.2) is 42.5 Å². The van der Waals surface area contributed by atoms with Gasteiger partial charge >= 0.3 is 6.03 Å². The summed E-state index contributed by atoms with van der Waals surface area (Å²) in [7, 11) is 1.60. The molecule has 0 atom stereocenters. The summed E-state index contributed by atoms with van der Waals surface area (Å²) in [6, 6.07) is 13.6. The van der Waals surface area contributed by atoms with Crippen molar-refractivity contribution in [3.63, 3.8) is 0 Å². The zero-order valence-electron chi connectivity index (χ0n) is 11.9. The minimum atomic E-state index is -2.53.